The van der Waals surface area contributed by atoms with Crippen LogP contribution in [0.2, 0.25) is 0 Å². The number of carbonyl (C=O) groups excluding carboxylic acids is 2. The lowest BCUT2D eigenvalue weighted by Crippen LogP contribution is -2.43. The second-order valence-corrected chi connectivity index (χ2v) is 4.69. The minimum absolute atomic E-state index is 0.364. The summed E-state index contributed by atoms with van der Waals surface area (Å²) in [6.45, 7) is 1.70. The first kappa shape index (κ1) is 16.3. The van der Waals surface area contributed by atoms with E-state index in [2.05, 4.69) is 5.32 Å². The Labute approximate surface area is 118 Å². The first-order valence-electron chi connectivity index (χ1n) is 6.80. The molecule has 1 aromatic rings. The molecule has 0 aliphatic carbocycles. The van der Waals surface area contributed by atoms with Crippen molar-refractivity contribution in [2.24, 2.45) is 5.73 Å². The van der Waals surface area contributed by atoms with Crippen LogP contribution in [-0.2, 0) is 4.79 Å². The van der Waals surface area contributed by atoms with Gasteiger partial charge in [-0.1, -0.05) is 18.2 Å². The Morgan fingerprint density at radius 1 is 1.25 bits per heavy atom. The van der Waals surface area contributed by atoms with Crippen molar-refractivity contribution in [2.45, 2.75) is 38.4 Å². The number of benzene rings is 1. The number of unbranched alkanes of at least 4 members (excludes halogenated alkanes) is 1. The van der Waals surface area contributed by atoms with Gasteiger partial charge >= 0.3 is 0 Å². The lowest BCUT2D eigenvalue weighted by atomic mass is 10.0. The molecule has 2 atom stereocenters. The molecular formula is C15H21FN2O2. The lowest BCUT2D eigenvalue weighted by Gasteiger charge is -2.18. The topological polar surface area (TPSA) is 72.2 Å². The van der Waals surface area contributed by atoms with E-state index in [0.717, 1.165) is 6.42 Å². The number of alkyl halides is 1. The summed E-state index contributed by atoms with van der Waals surface area (Å²) in [5.41, 5.74) is 5.85. The number of halogens is 1. The minimum Gasteiger partial charge on any atom is -0.342 e. The van der Waals surface area contributed by atoms with Crippen molar-refractivity contribution in [1.29, 1.82) is 0 Å². The van der Waals surface area contributed by atoms with Crippen LogP contribution in [0.3, 0.4) is 0 Å². The highest BCUT2D eigenvalue weighted by atomic mass is 19.1. The molecule has 20 heavy (non-hydrogen) atoms. The van der Waals surface area contributed by atoms with Gasteiger partial charge in [0, 0.05) is 5.56 Å². The maximum Gasteiger partial charge on any atom is 0.251 e. The molecule has 1 aromatic carbocycles. The van der Waals surface area contributed by atoms with Crippen molar-refractivity contribution in [3.05, 3.63) is 35.9 Å². The Balaban J connectivity index is 2.68. The van der Waals surface area contributed by atoms with E-state index in [0.29, 0.717) is 24.9 Å². The van der Waals surface area contributed by atoms with Crippen molar-refractivity contribution >= 4 is 11.7 Å². The molecule has 3 N–H and O–H groups in total. The third-order valence-electron chi connectivity index (χ3n) is 3.02. The van der Waals surface area contributed by atoms with Gasteiger partial charge < -0.3 is 11.1 Å². The molecule has 0 saturated carbocycles. The second-order valence-electron chi connectivity index (χ2n) is 4.69. The summed E-state index contributed by atoms with van der Waals surface area (Å²) < 4.78 is 13.2. The second kappa shape index (κ2) is 8.43. The van der Waals surface area contributed by atoms with Crippen LogP contribution in [0.25, 0.3) is 0 Å². The van der Waals surface area contributed by atoms with E-state index < -0.39 is 18.0 Å². The number of nitrogens with one attached hydrogen (secondary N) is 1. The number of nitrogens with two attached hydrogens (primary N) is 1. The van der Waals surface area contributed by atoms with Crippen molar-refractivity contribution in [3.63, 3.8) is 0 Å². The molecule has 0 aliphatic heterocycles. The van der Waals surface area contributed by atoms with Gasteiger partial charge in [-0.05, 0) is 44.9 Å². The molecule has 2 unspecified atom stereocenters. The van der Waals surface area contributed by atoms with E-state index >= 15 is 0 Å². The zero-order valence-electron chi connectivity index (χ0n) is 11.6. The van der Waals surface area contributed by atoms with Crippen LogP contribution in [0, 0.1) is 0 Å². The van der Waals surface area contributed by atoms with E-state index in [1.165, 1.54) is 6.92 Å². The Morgan fingerprint density at radius 3 is 2.45 bits per heavy atom. The van der Waals surface area contributed by atoms with Crippen LogP contribution in [0.5, 0.6) is 0 Å². The SMILES string of the molecule is CC(F)C(=O)C(CCCCN)NC(=O)c1ccccc1. The Hall–Kier alpha value is -1.75. The largest absolute Gasteiger partial charge is 0.342 e. The fourth-order valence-electron chi connectivity index (χ4n) is 1.89. The maximum atomic E-state index is 13.2. The van der Waals surface area contributed by atoms with Crippen molar-refractivity contribution in [3.8, 4) is 0 Å². The molecule has 0 fully saturated rings. The van der Waals surface area contributed by atoms with Gasteiger partial charge in [0.25, 0.3) is 5.91 Å². The van der Waals surface area contributed by atoms with Gasteiger partial charge in [0.05, 0.1) is 6.04 Å². The predicted octanol–water partition coefficient (Wildman–Crippen LogP) is 1.84. The molecule has 0 saturated heterocycles. The molecule has 0 bridgehead atoms. The minimum atomic E-state index is -1.59. The van der Waals surface area contributed by atoms with Crippen LogP contribution in [0.1, 0.15) is 36.5 Å². The molecule has 0 radical (unpaired) electrons. The predicted molar refractivity (Wildman–Crippen MR) is 76.2 cm³/mol. The van der Waals surface area contributed by atoms with Gasteiger partial charge in [-0.15, -0.1) is 0 Å². The third-order valence-corrected chi connectivity index (χ3v) is 3.02. The van der Waals surface area contributed by atoms with Gasteiger partial charge in [0.15, 0.2) is 12.0 Å². The highest BCUT2D eigenvalue weighted by molar-refractivity contribution is 5.98. The normalized spacial score (nSPS) is 13.6. The molecule has 0 aromatic heterocycles. The summed E-state index contributed by atoms with van der Waals surface area (Å²) in [6.07, 6.45) is 0.234. The number of hydrogen-bond donors (Lipinski definition) is 2. The zero-order chi connectivity index (χ0) is 15.0. The smallest absolute Gasteiger partial charge is 0.251 e. The molecule has 0 spiro atoms. The van der Waals surface area contributed by atoms with Crippen LogP contribution in [-0.4, -0.2) is 30.4 Å². The highest BCUT2D eigenvalue weighted by Crippen LogP contribution is 2.08. The van der Waals surface area contributed by atoms with Crippen LogP contribution < -0.4 is 11.1 Å². The van der Waals surface area contributed by atoms with Gasteiger partial charge in [0.2, 0.25) is 0 Å². The summed E-state index contributed by atoms with van der Waals surface area (Å²) in [6, 6.07) is 7.76. The molecule has 0 aliphatic rings. The summed E-state index contributed by atoms with van der Waals surface area (Å²) in [5.74, 6) is -0.955. The molecule has 1 rings (SSSR count). The van der Waals surface area contributed by atoms with Crippen LogP contribution in [0.15, 0.2) is 30.3 Å². The van der Waals surface area contributed by atoms with Crippen LogP contribution in [0.4, 0.5) is 4.39 Å². The first-order chi connectivity index (χ1) is 9.56. The summed E-state index contributed by atoms with van der Waals surface area (Å²) in [5, 5.41) is 2.60. The monoisotopic (exact) mass is 280 g/mol. The number of ketones is 1. The Kier molecular flexibility index (Phi) is 6.87. The summed E-state index contributed by atoms with van der Waals surface area (Å²) in [4.78, 5) is 23.8. The van der Waals surface area contributed by atoms with Crippen molar-refractivity contribution in [1.82, 2.24) is 5.32 Å². The average molecular weight is 280 g/mol. The first-order valence-corrected chi connectivity index (χ1v) is 6.80. The van der Waals surface area contributed by atoms with Crippen molar-refractivity contribution in [2.75, 3.05) is 6.54 Å². The summed E-state index contributed by atoms with van der Waals surface area (Å²) in [7, 11) is 0. The zero-order valence-corrected chi connectivity index (χ0v) is 11.6. The molecule has 5 heteroatoms. The number of hydrogen-bond acceptors (Lipinski definition) is 3. The molecule has 1 amide bonds. The fraction of sp³-hybridized carbons (Fsp3) is 0.467. The average Bonchev–Trinajstić information content (AvgIpc) is 2.46. The Morgan fingerprint density at radius 2 is 1.90 bits per heavy atom. The molecule has 0 heterocycles. The quantitative estimate of drug-likeness (QED) is 0.714. The number of carbonyl (C=O) groups is 2. The third kappa shape index (κ3) is 5.09. The van der Waals surface area contributed by atoms with Gasteiger partial charge in [-0.2, -0.15) is 0 Å². The molecule has 4 nitrogen and oxygen atoms in total. The Bertz CT molecular complexity index is 435. The van der Waals surface area contributed by atoms with E-state index in [1.807, 2.05) is 0 Å². The number of amides is 1. The molecular weight excluding hydrogens is 259 g/mol. The summed E-state index contributed by atoms with van der Waals surface area (Å²) >= 11 is 0. The van der Waals surface area contributed by atoms with Crippen LogP contribution >= 0.6 is 0 Å². The van der Waals surface area contributed by atoms with E-state index in [9.17, 15) is 14.0 Å². The van der Waals surface area contributed by atoms with Crippen molar-refractivity contribution < 1.29 is 14.0 Å². The maximum absolute atomic E-state index is 13.2. The van der Waals surface area contributed by atoms with E-state index in [4.69, 9.17) is 5.73 Å². The molecule has 110 valence electrons. The number of Topliss-reactive ketones (excluding diaryl/α,β-unsaturated/α-hetero) is 1. The van der Waals surface area contributed by atoms with E-state index in [1.54, 1.807) is 30.3 Å². The highest BCUT2D eigenvalue weighted by Gasteiger charge is 2.25. The number of rotatable bonds is 8. The fourth-order valence-corrected chi connectivity index (χ4v) is 1.89. The van der Waals surface area contributed by atoms with Gasteiger partial charge in [0.1, 0.15) is 0 Å². The lowest BCUT2D eigenvalue weighted by molar-refractivity contribution is -0.125. The van der Waals surface area contributed by atoms with E-state index in [-0.39, 0.29) is 5.91 Å². The van der Waals surface area contributed by atoms with Gasteiger partial charge in [-0.25, -0.2) is 4.39 Å². The van der Waals surface area contributed by atoms with Gasteiger partial charge in [-0.3, -0.25) is 9.59 Å². The standard InChI is InChI=1S/C15H21FN2O2/c1-11(16)14(19)13(9-5-6-10-17)18-15(20)12-7-3-2-4-8-12/h2-4,7-8,11,13H,5-6,9-10,17H2,1H3,(H,18,20).